The lowest BCUT2D eigenvalue weighted by molar-refractivity contribution is -0.146. The van der Waals surface area contributed by atoms with Crippen molar-refractivity contribution < 1.29 is 9.53 Å². The third-order valence-corrected chi connectivity index (χ3v) is 2.75. The van der Waals surface area contributed by atoms with E-state index >= 15 is 0 Å². The molecule has 0 saturated carbocycles. The topological polar surface area (TPSA) is 41.6 Å². The quantitative estimate of drug-likeness (QED) is 0.689. The molecule has 1 N–H and O–H groups in total. The van der Waals surface area contributed by atoms with Crippen molar-refractivity contribution in [2.45, 2.75) is 45.7 Å². The molecule has 1 aliphatic heterocycles. The molecule has 1 rings (SSSR count). The molecule has 0 radical (unpaired) electrons. The van der Waals surface area contributed by atoms with Crippen LogP contribution >= 0.6 is 0 Å². The lowest BCUT2D eigenvalue weighted by atomic mass is 10.2. The van der Waals surface area contributed by atoms with Crippen molar-refractivity contribution in [1.29, 1.82) is 0 Å². The smallest absolute Gasteiger partial charge is 0.324 e. The van der Waals surface area contributed by atoms with Crippen LogP contribution in [0.4, 0.5) is 0 Å². The van der Waals surface area contributed by atoms with E-state index in [1.54, 1.807) is 0 Å². The number of hydrogen-bond acceptors (Lipinski definition) is 4. The maximum Gasteiger partial charge on any atom is 0.324 e. The molecule has 94 valence electrons. The summed E-state index contributed by atoms with van der Waals surface area (Å²) in [6.07, 6.45) is 2.49. The highest BCUT2D eigenvalue weighted by Crippen LogP contribution is 2.08. The molecule has 0 bridgehead atoms. The first-order valence-electron chi connectivity index (χ1n) is 6.28. The number of nitrogens with one attached hydrogen (secondary N) is 1. The Labute approximate surface area is 98.3 Å². The molecule has 16 heavy (non-hydrogen) atoms. The first-order chi connectivity index (χ1) is 7.63. The van der Waals surface area contributed by atoms with Gasteiger partial charge in [0.15, 0.2) is 0 Å². The minimum Gasteiger partial charge on any atom is -0.465 e. The summed E-state index contributed by atoms with van der Waals surface area (Å²) in [5.41, 5.74) is 0. The van der Waals surface area contributed by atoms with Crippen molar-refractivity contribution in [2.24, 2.45) is 0 Å². The fourth-order valence-electron chi connectivity index (χ4n) is 2.06. The van der Waals surface area contributed by atoms with Crippen LogP contribution in [0, 0.1) is 0 Å². The van der Waals surface area contributed by atoms with Crippen LogP contribution in [-0.2, 0) is 9.53 Å². The molecule has 0 aromatic rings. The van der Waals surface area contributed by atoms with Crippen LogP contribution in [0.3, 0.4) is 0 Å². The molecule has 1 saturated heterocycles. The van der Waals surface area contributed by atoms with E-state index in [4.69, 9.17) is 4.74 Å². The number of rotatable bonds is 6. The van der Waals surface area contributed by atoms with Crippen molar-refractivity contribution in [3.8, 4) is 0 Å². The van der Waals surface area contributed by atoms with Gasteiger partial charge in [-0.25, -0.2) is 0 Å². The molecule has 1 fully saturated rings. The van der Waals surface area contributed by atoms with E-state index in [1.165, 1.54) is 12.8 Å². The molecule has 0 aliphatic carbocycles. The summed E-state index contributed by atoms with van der Waals surface area (Å²) in [5.74, 6) is -0.122. The summed E-state index contributed by atoms with van der Waals surface area (Å²) < 4.78 is 5.09. The van der Waals surface area contributed by atoms with Gasteiger partial charge in [-0.15, -0.1) is 0 Å². The van der Waals surface area contributed by atoms with Crippen LogP contribution in [0.2, 0.25) is 0 Å². The number of carbonyl (C=O) groups excluding carboxylic acids is 1. The third kappa shape index (κ3) is 4.49. The van der Waals surface area contributed by atoms with Crippen molar-refractivity contribution in [3.05, 3.63) is 0 Å². The molecule has 1 atom stereocenters. The maximum atomic E-state index is 11.8. The van der Waals surface area contributed by atoms with Gasteiger partial charge >= 0.3 is 5.97 Å². The highest BCUT2D eigenvalue weighted by Gasteiger charge is 2.24. The third-order valence-electron chi connectivity index (χ3n) is 2.75. The summed E-state index contributed by atoms with van der Waals surface area (Å²) in [6.45, 7) is 9.39. The van der Waals surface area contributed by atoms with Gasteiger partial charge in [0.25, 0.3) is 0 Å². The molecule has 0 amide bonds. The van der Waals surface area contributed by atoms with Crippen LogP contribution in [0.5, 0.6) is 0 Å². The monoisotopic (exact) mass is 228 g/mol. The van der Waals surface area contributed by atoms with Crippen LogP contribution in [0.1, 0.15) is 33.6 Å². The number of ether oxygens (including phenoxy) is 1. The van der Waals surface area contributed by atoms with Crippen LogP contribution in [0.15, 0.2) is 0 Å². The van der Waals surface area contributed by atoms with Crippen molar-refractivity contribution >= 4 is 5.97 Å². The SMILES string of the molecule is CCOC(=O)C(CN1CCCC1)NC(C)C. The van der Waals surface area contributed by atoms with Gasteiger partial charge in [-0.2, -0.15) is 0 Å². The standard InChI is InChI=1S/C12H24N2O2/c1-4-16-12(15)11(13-10(2)3)9-14-7-5-6-8-14/h10-11,13H,4-9H2,1-3H3. The molecule has 4 heteroatoms. The molecule has 1 aliphatic rings. The number of esters is 1. The second-order valence-electron chi connectivity index (χ2n) is 4.63. The van der Waals surface area contributed by atoms with E-state index in [0.29, 0.717) is 12.6 Å². The van der Waals surface area contributed by atoms with Gasteiger partial charge in [0, 0.05) is 12.6 Å². The molecule has 1 heterocycles. The zero-order valence-electron chi connectivity index (χ0n) is 10.7. The van der Waals surface area contributed by atoms with E-state index in [0.717, 1.165) is 19.6 Å². The first-order valence-corrected chi connectivity index (χ1v) is 6.28. The average Bonchev–Trinajstić information content (AvgIpc) is 2.69. The summed E-state index contributed by atoms with van der Waals surface area (Å²) in [7, 11) is 0. The number of likely N-dealkylation sites (tertiary alicyclic amines) is 1. The second-order valence-corrected chi connectivity index (χ2v) is 4.63. The Kier molecular flexibility index (Phi) is 5.77. The van der Waals surface area contributed by atoms with Gasteiger partial charge in [0.1, 0.15) is 6.04 Å². The van der Waals surface area contributed by atoms with E-state index in [9.17, 15) is 4.79 Å². The van der Waals surface area contributed by atoms with Crippen LogP contribution < -0.4 is 5.32 Å². The fourth-order valence-corrected chi connectivity index (χ4v) is 2.06. The predicted octanol–water partition coefficient (Wildman–Crippen LogP) is 1.01. The Morgan fingerprint density at radius 1 is 1.38 bits per heavy atom. The van der Waals surface area contributed by atoms with E-state index in [2.05, 4.69) is 24.1 Å². The van der Waals surface area contributed by atoms with Gasteiger partial charge < -0.3 is 15.0 Å². The minimum atomic E-state index is -0.182. The largest absolute Gasteiger partial charge is 0.465 e. The minimum absolute atomic E-state index is 0.122. The van der Waals surface area contributed by atoms with Gasteiger partial charge in [0.05, 0.1) is 6.61 Å². The van der Waals surface area contributed by atoms with E-state index in [-0.39, 0.29) is 12.0 Å². The zero-order chi connectivity index (χ0) is 12.0. The van der Waals surface area contributed by atoms with E-state index in [1.807, 2.05) is 6.92 Å². The van der Waals surface area contributed by atoms with Gasteiger partial charge in [-0.05, 0) is 32.9 Å². The van der Waals surface area contributed by atoms with Crippen molar-refractivity contribution in [3.63, 3.8) is 0 Å². The van der Waals surface area contributed by atoms with E-state index < -0.39 is 0 Å². The van der Waals surface area contributed by atoms with Gasteiger partial charge in [-0.3, -0.25) is 4.79 Å². The molecule has 0 spiro atoms. The maximum absolute atomic E-state index is 11.8. The molecule has 0 aromatic carbocycles. The Hall–Kier alpha value is -0.610. The Balaban J connectivity index is 2.44. The van der Waals surface area contributed by atoms with Gasteiger partial charge in [0.2, 0.25) is 0 Å². The highest BCUT2D eigenvalue weighted by atomic mass is 16.5. The summed E-state index contributed by atoms with van der Waals surface area (Å²) in [6, 6.07) is 0.120. The second kappa shape index (κ2) is 6.86. The normalized spacial score (nSPS) is 19.0. The van der Waals surface area contributed by atoms with Crippen molar-refractivity contribution in [1.82, 2.24) is 10.2 Å². The zero-order valence-corrected chi connectivity index (χ0v) is 10.7. The number of carbonyl (C=O) groups is 1. The Bertz CT molecular complexity index is 213. The lowest BCUT2D eigenvalue weighted by Gasteiger charge is -2.24. The van der Waals surface area contributed by atoms with Crippen molar-refractivity contribution in [2.75, 3.05) is 26.2 Å². The first kappa shape index (κ1) is 13.5. The molecule has 1 unspecified atom stereocenters. The lowest BCUT2D eigenvalue weighted by Crippen LogP contribution is -2.48. The number of nitrogens with zero attached hydrogens (tertiary/aromatic N) is 1. The summed E-state index contributed by atoms with van der Waals surface area (Å²) in [5, 5.41) is 3.28. The van der Waals surface area contributed by atoms with Crippen LogP contribution in [-0.4, -0.2) is 49.2 Å². The van der Waals surface area contributed by atoms with Gasteiger partial charge in [-0.1, -0.05) is 13.8 Å². The molecule has 4 nitrogen and oxygen atoms in total. The molecular formula is C12H24N2O2. The summed E-state index contributed by atoms with van der Waals surface area (Å²) in [4.78, 5) is 14.1. The van der Waals surface area contributed by atoms with Crippen LogP contribution in [0.25, 0.3) is 0 Å². The summed E-state index contributed by atoms with van der Waals surface area (Å²) >= 11 is 0. The average molecular weight is 228 g/mol. The predicted molar refractivity (Wildman–Crippen MR) is 64.4 cm³/mol. The Morgan fingerprint density at radius 3 is 2.50 bits per heavy atom. The molecule has 0 aromatic heterocycles. The molecular weight excluding hydrogens is 204 g/mol. The number of hydrogen-bond donors (Lipinski definition) is 1. The fraction of sp³-hybridized carbons (Fsp3) is 0.917. The highest BCUT2D eigenvalue weighted by molar-refractivity contribution is 5.76. The Morgan fingerprint density at radius 2 is 2.00 bits per heavy atom.